The molecular weight excluding hydrogens is 542 g/mol. The van der Waals surface area contributed by atoms with Crippen molar-refractivity contribution in [2.24, 2.45) is 20.7 Å². The summed E-state index contributed by atoms with van der Waals surface area (Å²) in [4.78, 5) is 13.5. The topological polar surface area (TPSA) is 99.2 Å². The van der Waals surface area contributed by atoms with Crippen molar-refractivity contribution in [1.82, 2.24) is 16.0 Å². The van der Waals surface area contributed by atoms with Crippen LogP contribution < -0.4 is 21.7 Å². The Morgan fingerprint density at radius 1 is 0.659 bits per heavy atom. The molecule has 0 saturated carbocycles. The summed E-state index contributed by atoms with van der Waals surface area (Å²) in [7, 11) is 0. The highest BCUT2D eigenvalue weighted by atomic mass is 14.9. The molecule has 0 bridgehead atoms. The summed E-state index contributed by atoms with van der Waals surface area (Å²) >= 11 is 0. The molecule has 0 radical (unpaired) electrons. The Labute approximate surface area is 264 Å². The highest BCUT2D eigenvalue weighted by Crippen LogP contribution is 2.08. The molecule has 3 aromatic rings. The van der Waals surface area contributed by atoms with Gasteiger partial charge in [-0.15, -0.1) is 0 Å². The van der Waals surface area contributed by atoms with Crippen molar-refractivity contribution in [2.45, 2.75) is 25.3 Å². The van der Waals surface area contributed by atoms with Gasteiger partial charge in [-0.3, -0.25) is 15.0 Å². The van der Waals surface area contributed by atoms with E-state index in [1.165, 1.54) is 0 Å². The number of hydrogen-bond acceptors (Lipinski definition) is 7. The van der Waals surface area contributed by atoms with E-state index in [4.69, 9.17) is 5.73 Å². The summed E-state index contributed by atoms with van der Waals surface area (Å²) in [5.41, 5.74) is 12.8. The van der Waals surface area contributed by atoms with Crippen molar-refractivity contribution in [3.8, 4) is 0 Å². The van der Waals surface area contributed by atoms with E-state index in [0.29, 0.717) is 0 Å². The molecule has 0 aliphatic carbocycles. The Hall–Kier alpha value is -4.17. The zero-order valence-corrected chi connectivity index (χ0v) is 26.0. The minimum atomic E-state index is 0.159. The van der Waals surface area contributed by atoms with E-state index in [-0.39, 0.29) is 6.04 Å². The maximum Gasteiger partial charge on any atom is 0.0514 e. The molecular formula is C37H49N7. The molecule has 0 aliphatic heterocycles. The zero-order chi connectivity index (χ0) is 31.1. The van der Waals surface area contributed by atoms with Gasteiger partial charge >= 0.3 is 0 Å². The molecule has 3 aromatic carbocycles. The van der Waals surface area contributed by atoms with Crippen LogP contribution in [0.1, 0.15) is 47.1 Å². The average molecular weight is 592 g/mol. The lowest BCUT2D eigenvalue weighted by molar-refractivity contribution is 0.519. The Morgan fingerprint density at radius 3 is 1.68 bits per heavy atom. The van der Waals surface area contributed by atoms with Crippen LogP contribution in [0.3, 0.4) is 0 Å². The largest absolute Gasteiger partial charge is 0.385 e. The third kappa shape index (κ3) is 14.8. The Bertz CT molecular complexity index is 1300. The van der Waals surface area contributed by atoms with Gasteiger partial charge in [-0.25, -0.2) is 0 Å². The second-order valence-electron chi connectivity index (χ2n) is 10.6. The molecule has 3 rings (SSSR count). The van der Waals surface area contributed by atoms with Gasteiger partial charge in [0.15, 0.2) is 0 Å². The lowest BCUT2D eigenvalue weighted by Crippen LogP contribution is -2.35. The fourth-order valence-corrected chi connectivity index (χ4v) is 4.35. The summed E-state index contributed by atoms with van der Waals surface area (Å²) in [5.74, 6) is 0. The Balaban J connectivity index is 1.15. The molecule has 0 spiro atoms. The van der Waals surface area contributed by atoms with Crippen molar-refractivity contribution in [3.63, 3.8) is 0 Å². The second kappa shape index (κ2) is 21.5. The molecule has 0 aliphatic rings. The first-order valence-electron chi connectivity index (χ1n) is 15.6. The number of aliphatic imine (C=N–C) groups is 3. The molecule has 1 atom stereocenters. The first kappa shape index (κ1) is 34.3. The third-order valence-electron chi connectivity index (χ3n) is 6.95. The average Bonchev–Trinajstić information content (AvgIpc) is 3.06. The van der Waals surface area contributed by atoms with Crippen molar-refractivity contribution >= 4 is 30.4 Å². The second-order valence-corrected chi connectivity index (χ2v) is 10.6. The van der Waals surface area contributed by atoms with Gasteiger partial charge in [0.05, 0.1) is 19.6 Å². The van der Waals surface area contributed by atoms with Crippen LogP contribution in [0, 0.1) is 0 Å². The fraction of sp³-hybridized carbons (Fsp3) is 0.324. The van der Waals surface area contributed by atoms with Gasteiger partial charge in [-0.1, -0.05) is 105 Å². The Kier molecular flexibility index (Phi) is 16.8. The molecule has 5 N–H and O–H groups in total. The summed E-state index contributed by atoms with van der Waals surface area (Å²) in [5, 5.41) is 10.2. The van der Waals surface area contributed by atoms with Crippen molar-refractivity contribution in [2.75, 3.05) is 52.4 Å². The van der Waals surface area contributed by atoms with Crippen LogP contribution in [0.5, 0.6) is 0 Å². The third-order valence-corrected chi connectivity index (χ3v) is 6.95. The van der Waals surface area contributed by atoms with Gasteiger partial charge < -0.3 is 21.7 Å². The van der Waals surface area contributed by atoms with E-state index in [2.05, 4.69) is 80.5 Å². The number of hydrogen-bond donors (Lipinski definition) is 4. The van der Waals surface area contributed by atoms with Gasteiger partial charge in [0.2, 0.25) is 0 Å². The first-order chi connectivity index (χ1) is 21.6. The number of unbranched alkanes of at least 4 members (excludes halogenated alkanes) is 1. The standard InChI is InChI=1S/C37H49N7/c1-3-32-12-14-33(15-13-32)27-40-23-21-39-22-24-41-28-34-16-18-35(19-17-34)29-42-25-26-43-30-37(38)11-7-8-20-44-31(2)36-9-5-4-6-10-36/h3-6,9-10,12-19,27-29,37,39,43-44H,1-2,7-8,11,20-26,30,38H2/b40-27+,41-28+,42-29+. The molecule has 7 heteroatoms. The van der Waals surface area contributed by atoms with Crippen molar-refractivity contribution < 1.29 is 0 Å². The molecule has 0 saturated heterocycles. The molecule has 0 amide bonds. The van der Waals surface area contributed by atoms with Crippen LogP contribution in [0.4, 0.5) is 0 Å². The summed E-state index contributed by atoms with van der Waals surface area (Å²) in [6.45, 7) is 14.3. The van der Waals surface area contributed by atoms with Crippen LogP contribution in [-0.2, 0) is 0 Å². The van der Waals surface area contributed by atoms with Crippen molar-refractivity contribution in [3.05, 3.63) is 120 Å². The predicted octanol–water partition coefficient (Wildman–Crippen LogP) is 5.22. The van der Waals surface area contributed by atoms with Crippen LogP contribution in [-0.4, -0.2) is 77.0 Å². The van der Waals surface area contributed by atoms with Gasteiger partial charge in [-0.05, 0) is 40.7 Å². The predicted molar refractivity (Wildman–Crippen MR) is 191 cm³/mol. The summed E-state index contributed by atoms with van der Waals surface area (Å²) in [6.07, 6.45) is 10.8. The maximum absolute atomic E-state index is 6.27. The quantitative estimate of drug-likeness (QED) is 0.0951. The zero-order valence-electron chi connectivity index (χ0n) is 26.0. The van der Waals surface area contributed by atoms with E-state index in [9.17, 15) is 0 Å². The molecule has 0 heterocycles. The monoisotopic (exact) mass is 591 g/mol. The highest BCUT2D eigenvalue weighted by molar-refractivity contribution is 5.84. The van der Waals surface area contributed by atoms with Crippen LogP contribution in [0.2, 0.25) is 0 Å². The smallest absolute Gasteiger partial charge is 0.0514 e. The van der Waals surface area contributed by atoms with E-state index >= 15 is 0 Å². The minimum absolute atomic E-state index is 0.159. The van der Waals surface area contributed by atoms with E-state index in [1.807, 2.05) is 67.2 Å². The van der Waals surface area contributed by atoms with Crippen LogP contribution >= 0.6 is 0 Å². The number of rotatable bonds is 22. The number of nitrogens with one attached hydrogen (secondary N) is 3. The number of nitrogens with zero attached hydrogens (tertiary/aromatic N) is 3. The van der Waals surface area contributed by atoms with Gasteiger partial charge in [-0.2, -0.15) is 0 Å². The van der Waals surface area contributed by atoms with Crippen LogP contribution in [0.15, 0.2) is 107 Å². The molecule has 232 valence electrons. The molecule has 1 unspecified atom stereocenters. The number of nitrogens with two attached hydrogens (primary N) is 1. The first-order valence-corrected chi connectivity index (χ1v) is 15.6. The van der Waals surface area contributed by atoms with E-state index in [0.717, 1.165) is 105 Å². The fourth-order valence-electron chi connectivity index (χ4n) is 4.35. The van der Waals surface area contributed by atoms with Crippen molar-refractivity contribution in [1.29, 1.82) is 0 Å². The molecule has 44 heavy (non-hydrogen) atoms. The SMILES string of the molecule is C=Cc1ccc(/C=N/CCNCC/N=C/c2ccc(/C=N/CCNCC(N)CCCCNC(=C)c3ccccc3)cc2)cc1. The van der Waals surface area contributed by atoms with Crippen LogP contribution in [0.25, 0.3) is 11.8 Å². The molecule has 7 nitrogen and oxygen atoms in total. The van der Waals surface area contributed by atoms with Gasteiger partial charge in [0.1, 0.15) is 0 Å². The molecule has 0 fully saturated rings. The van der Waals surface area contributed by atoms with Gasteiger partial charge in [0.25, 0.3) is 0 Å². The lowest BCUT2D eigenvalue weighted by Gasteiger charge is -2.13. The number of benzene rings is 3. The minimum Gasteiger partial charge on any atom is -0.385 e. The van der Waals surface area contributed by atoms with Gasteiger partial charge in [0, 0.05) is 63.1 Å². The van der Waals surface area contributed by atoms with E-state index < -0.39 is 0 Å². The summed E-state index contributed by atoms with van der Waals surface area (Å²) < 4.78 is 0. The summed E-state index contributed by atoms with van der Waals surface area (Å²) in [6, 6.07) is 26.8. The highest BCUT2D eigenvalue weighted by Gasteiger charge is 2.02. The van der Waals surface area contributed by atoms with E-state index in [1.54, 1.807) is 0 Å². The normalized spacial score (nSPS) is 12.3. The lowest BCUT2D eigenvalue weighted by atomic mass is 10.1. The molecule has 0 aromatic heterocycles. The maximum atomic E-state index is 6.27. The Morgan fingerprint density at radius 2 is 1.16 bits per heavy atom.